The standard InChI is InChI=1S/C24H33FN6O.2ClH/c1-24(2,3)14-27-23(32)22-29-17-11-10-15(25)13-16(17)21(31-22)30-19-8-5-4-7-18(19)28-20-9-6-12-26-20;;/h10-11,13,18-19H,4-9,12,14H2,1-3H3,(H,26,28)(H,27,32)(H,29,30,31);2*1H/t18-,19+;;/m1../s1. The molecule has 1 aliphatic heterocycles. The van der Waals surface area contributed by atoms with Gasteiger partial charge in [-0.2, -0.15) is 0 Å². The Labute approximate surface area is 213 Å². The molecule has 0 spiro atoms. The molecule has 2 heterocycles. The summed E-state index contributed by atoms with van der Waals surface area (Å²) in [5, 5.41) is 10.6. The number of amides is 1. The van der Waals surface area contributed by atoms with E-state index in [0.29, 0.717) is 23.3 Å². The number of carbonyl (C=O) groups excluding carboxylic acids is 1. The molecule has 7 nitrogen and oxygen atoms in total. The summed E-state index contributed by atoms with van der Waals surface area (Å²) in [5.41, 5.74) is 0.492. The summed E-state index contributed by atoms with van der Waals surface area (Å²) in [6, 6.07) is 4.72. The van der Waals surface area contributed by atoms with Gasteiger partial charge < -0.3 is 16.0 Å². The summed E-state index contributed by atoms with van der Waals surface area (Å²) in [6.07, 6.45) is 6.35. The Hall–Kier alpha value is -2.19. The molecule has 0 unspecified atom stereocenters. The van der Waals surface area contributed by atoms with Crippen LogP contribution in [0.2, 0.25) is 0 Å². The highest BCUT2D eigenvalue weighted by Gasteiger charge is 2.28. The van der Waals surface area contributed by atoms with Crippen LogP contribution in [0.4, 0.5) is 10.2 Å². The molecule has 1 aromatic carbocycles. The summed E-state index contributed by atoms with van der Waals surface area (Å²) >= 11 is 0. The van der Waals surface area contributed by atoms with Crippen molar-refractivity contribution in [1.82, 2.24) is 20.6 Å². The van der Waals surface area contributed by atoms with Crippen LogP contribution in [0.5, 0.6) is 0 Å². The zero-order valence-electron chi connectivity index (χ0n) is 20.0. The van der Waals surface area contributed by atoms with Gasteiger partial charge in [0.05, 0.1) is 11.4 Å². The predicted molar refractivity (Wildman–Crippen MR) is 140 cm³/mol. The van der Waals surface area contributed by atoms with Crippen molar-refractivity contribution in [3.8, 4) is 0 Å². The highest BCUT2D eigenvalue weighted by atomic mass is 35.5. The molecule has 1 saturated carbocycles. The fraction of sp³-hybridized carbons (Fsp3) is 0.583. The Morgan fingerprint density at radius 1 is 1.06 bits per heavy atom. The van der Waals surface area contributed by atoms with E-state index in [1.807, 2.05) is 0 Å². The third kappa shape index (κ3) is 7.15. The van der Waals surface area contributed by atoms with E-state index in [0.717, 1.165) is 50.9 Å². The first-order valence-corrected chi connectivity index (χ1v) is 11.6. The first kappa shape index (κ1) is 28.1. The molecule has 2 aromatic rings. The van der Waals surface area contributed by atoms with Gasteiger partial charge in [0.25, 0.3) is 5.91 Å². The number of halogens is 3. The fourth-order valence-electron chi connectivity index (χ4n) is 4.26. The van der Waals surface area contributed by atoms with Gasteiger partial charge in [-0.05, 0) is 42.9 Å². The second-order valence-corrected chi connectivity index (χ2v) is 10.0. The van der Waals surface area contributed by atoms with Crippen molar-refractivity contribution in [1.29, 1.82) is 0 Å². The highest BCUT2D eigenvalue weighted by Crippen LogP contribution is 2.27. The number of nitrogens with zero attached hydrogens (tertiary/aromatic N) is 3. The molecular formula is C24H35Cl2FN6O. The van der Waals surface area contributed by atoms with Gasteiger partial charge in [-0.3, -0.25) is 9.79 Å². The van der Waals surface area contributed by atoms with Crippen LogP contribution in [0.3, 0.4) is 0 Å². The van der Waals surface area contributed by atoms with Crippen LogP contribution in [0.25, 0.3) is 10.9 Å². The Kier molecular flexibility index (Phi) is 9.88. The van der Waals surface area contributed by atoms with Crippen molar-refractivity contribution in [2.45, 2.75) is 71.4 Å². The van der Waals surface area contributed by atoms with Gasteiger partial charge in [0.15, 0.2) is 0 Å². The van der Waals surface area contributed by atoms with Crippen molar-refractivity contribution >= 4 is 53.3 Å². The number of nitrogens with one attached hydrogen (secondary N) is 3. The van der Waals surface area contributed by atoms with Crippen LogP contribution in [-0.4, -0.2) is 46.9 Å². The fourth-order valence-corrected chi connectivity index (χ4v) is 4.26. The smallest absolute Gasteiger partial charge is 0.289 e. The Morgan fingerprint density at radius 2 is 1.76 bits per heavy atom. The van der Waals surface area contributed by atoms with Crippen LogP contribution in [-0.2, 0) is 0 Å². The number of amidine groups is 1. The summed E-state index contributed by atoms with van der Waals surface area (Å²) in [7, 11) is 0. The molecule has 10 heteroatoms. The third-order valence-electron chi connectivity index (χ3n) is 5.95. The van der Waals surface area contributed by atoms with Gasteiger partial charge in [0.1, 0.15) is 11.6 Å². The molecule has 1 amide bonds. The average molecular weight is 513 g/mol. The molecule has 1 aromatic heterocycles. The average Bonchev–Trinajstić information content (AvgIpc) is 3.26. The molecule has 1 aliphatic carbocycles. The second kappa shape index (κ2) is 12.0. The van der Waals surface area contributed by atoms with E-state index in [1.54, 1.807) is 6.07 Å². The summed E-state index contributed by atoms with van der Waals surface area (Å²) in [4.78, 5) is 26.3. The molecule has 34 heavy (non-hydrogen) atoms. The number of carbonyl (C=O) groups is 1. The first-order chi connectivity index (χ1) is 15.3. The summed E-state index contributed by atoms with van der Waals surface area (Å²) in [6.45, 7) is 7.55. The lowest BCUT2D eigenvalue weighted by Gasteiger charge is -2.34. The first-order valence-electron chi connectivity index (χ1n) is 11.6. The number of fused-ring (bicyclic) bond motifs is 1. The number of benzene rings is 1. The molecule has 2 aliphatic rings. The zero-order valence-corrected chi connectivity index (χ0v) is 21.6. The normalized spacial score (nSPS) is 20.1. The second-order valence-electron chi connectivity index (χ2n) is 10.0. The lowest BCUT2D eigenvalue weighted by Crippen LogP contribution is -2.48. The minimum absolute atomic E-state index is 0. The summed E-state index contributed by atoms with van der Waals surface area (Å²) < 4.78 is 14.1. The number of rotatable bonds is 5. The molecule has 4 rings (SSSR count). The van der Waals surface area contributed by atoms with Crippen molar-refractivity contribution < 1.29 is 9.18 Å². The number of hydrogen-bond donors (Lipinski definition) is 3. The number of aliphatic imine (C=N–C) groups is 1. The van der Waals surface area contributed by atoms with Crippen LogP contribution in [0, 0.1) is 11.2 Å². The van der Waals surface area contributed by atoms with E-state index in [1.165, 1.54) is 12.1 Å². The van der Waals surface area contributed by atoms with E-state index in [2.05, 4.69) is 51.7 Å². The largest absolute Gasteiger partial charge is 0.369 e. The lowest BCUT2D eigenvalue weighted by atomic mass is 9.90. The van der Waals surface area contributed by atoms with Gasteiger partial charge in [-0.25, -0.2) is 14.4 Å². The van der Waals surface area contributed by atoms with Gasteiger partial charge in [0.2, 0.25) is 5.82 Å². The Bertz CT molecular complexity index is 1030. The van der Waals surface area contributed by atoms with Crippen molar-refractivity contribution in [3.05, 3.63) is 29.8 Å². The van der Waals surface area contributed by atoms with E-state index in [4.69, 9.17) is 0 Å². The number of aromatic nitrogens is 2. The minimum atomic E-state index is -0.354. The highest BCUT2D eigenvalue weighted by molar-refractivity contribution is 5.96. The van der Waals surface area contributed by atoms with Crippen molar-refractivity contribution in [3.63, 3.8) is 0 Å². The lowest BCUT2D eigenvalue weighted by molar-refractivity contribution is 0.0929. The summed E-state index contributed by atoms with van der Waals surface area (Å²) in [5.74, 6) is 0.990. The zero-order chi connectivity index (χ0) is 22.7. The Balaban J connectivity index is 0.00000204. The van der Waals surface area contributed by atoms with Crippen LogP contribution < -0.4 is 16.0 Å². The molecular weight excluding hydrogens is 478 g/mol. The van der Waals surface area contributed by atoms with Crippen LogP contribution >= 0.6 is 24.8 Å². The van der Waals surface area contributed by atoms with Gasteiger partial charge in [-0.1, -0.05) is 33.6 Å². The van der Waals surface area contributed by atoms with Crippen molar-refractivity contribution in [2.24, 2.45) is 10.4 Å². The SMILES string of the molecule is CC(C)(C)CNC(=O)c1nc(N[C@H]2CCCC[C@H]2NC2=NCCC2)c2cc(F)ccc2n1.Cl.Cl. The van der Waals surface area contributed by atoms with Crippen LogP contribution in [0.1, 0.15) is 69.9 Å². The van der Waals surface area contributed by atoms with Gasteiger partial charge >= 0.3 is 0 Å². The van der Waals surface area contributed by atoms with Gasteiger partial charge in [0, 0.05) is 37.0 Å². The molecule has 0 saturated heterocycles. The molecule has 0 radical (unpaired) electrons. The van der Waals surface area contributed by atoms with E-state index < -0.39 is 0 Å². The Morgan fingerprint density at radius 3 is 2.41 bits per heavy atom. The topological polar surface area (TPSA) is 91.3 Å². The maximum atomic E-state index is 14.1. The molecule has 1 fully saturated rings. The van der Waals surface area contributed by atoms with Crippen molar-refractivity contribution in [2.75, 3.05) is 18.4 Å². The van der Waals surface area contributed by atoms with E-state index in [-0.39, 0.29) is 59.9 Å². The van der Waals surface area contributed by atoms with Crippen LogP contribution in [0.15, 0.2) is 23.2 Å². The predicted octanol–water partition coefficient (Wildman–Crippen LogP) is 4.89. The molecule has 188 valence electrons. The molecule has 0 bridgehead atoms. The van der Waals surface area contributed by atoms with Gasteiger partial charge in [-0.15, -0.1) is 24.8 Å². The quantitative estimate of drug-likeness (QED) is 0.530. The number of anilines is 1. The minimum Gasteiger partial charge on any atom is -0.369 e. The monoisotopic (exact) mass is 512 g/mol. The number of hydrogen-bond acceptors (Lipinski definition) is 6. The molecule has 3 N–H and O–H groups in total. The third-order valence-corrected chi connectivity index (χ3v) is 5.95. The van der Waals surface area contributed by atoms with E-state index in [9.17, 15) is 9.18 Å². The maximum absolute atomic E-state index is 14.1. The van der Waals surface area contributed by atoms with E-state index >= 15 is 0 Å². The maximum Gasteiger partial charge on any atom is 0.289 e. The molecule has 2 atom stereocenters.